The zero-order chi connectivity index (χ0) is 15.2. The van der Waals surface area contributed by atoms with E-state index in [4.69, 9.17) is 21.4 Å². The number of carbonyl (C=O) groups excluding carboxylic acids is 1. The Kier molecular flexibility index (Phi) is 5.85. The molecule has 0 aromatic heterocycles. The van der Waals surface area contributed by atoms with Crippen molar-refractivity contribution in [2.75, 3.05) is 32.1 Å². The highest BCUT2D eigenvalue weighted by Crippen LogP contribution is 2.26. The maximum Gasteiger partial charge on any atom is 0.321 e. The van der Waals surface area contributed by atoms with E-state index in [9.17, 15) is 4.79 Å². The van der Waals surface area contributed by atoms with Crippen LogP contribution in [0.1, 0.15) is 18.4 Å². The number of rotatable bonds is 4. The first-order chi connectivity index (χ1) is 10.2. The van der Waals surface area contributed by atoms with Gasteiger partial charge in [-0.1, -0.05) is 17.7 Å². The van der Waals surface area contributed by atoms with Crippen LogP contribution in [0.3, 0.4) is 0 Å². The second-order valence-electron chi connectivity index (χ2n) is 5.24. The predicted octanol–water partition coefficient (Wildman–Crippen LogP) is 2.72. The topological polar surface area (TPSA) is 61.8 Å². The van der Waals surface area contributed by atoms with Gasteiger partial charge in [0, 0.05) is 43.1 Å². The van der Waals surface area contributed by atoms with Gasteiger partial charge in [-0.3, -0.25) is 0 Å². The van der Waals surface area contributed by atoms with Crippen LogP contribution in [0.15, 0.2) is 18.2 Å². The largest absolute Gasteiger partial charge is 0.396 e. The molecule has 1 fully saturated rings. The van der Waals surface area contributed by atoms with Gasteiger partial charge < -0.3 is 20.1 Å². The molecule has 0 bridgehead atoms. The molecule has 1 aliphatic rings. The van der Waals surface area contributed by atoms with Crippen LogP contribution in [0, 0.1) is 5.92 Å². The molecule has 1 aromatic rings. The fourth-order valence-corrected chi connectivity index (χ4v) is 2.71. The van der Waals surface area contributed by atoms with E-state index in [0.29, 0.717) is 36.3 Å². The van der Waals surface area contributed by atoms with Crippen molar-refractivity contribution in [2.24, 2.45) is 5.92 Å². The number of amides is 2. The molecule has 0 unspecified atom stereocenters. The molecule has 1 aromatic carbocycles. The fraction of sp³-hybridized carbons (Fsp3) is 0.533. The summed E-state index contributed by atoms with van der Waals surface area (Å²) < 4.78 is 5.13. The summed E-state index contributed by atoms with van der Waals surface area (Å²) in [4.78, 5) is 14.1. The lowest BCUT2D eigenvalue weighted by molar-refractivity contribution is 0.143. The summed E-state index contributed by atoms with van der Waals surface area (Å²) >= 11 is 6.14. The third-order valence-electron chi connectivity index (χ3n) is 3.81. The van der Waals surface area contributed by atoms with Gasteiger partial charge in [0.25, 0.3) is 0 Å². The predicted molar refractivity (Wildman–Crippen MR) is 82.6 cm³/mol. The number of urea groups is 1. The number of ether oxygens (including phenoxy) is 1. The molecule has 0 saturated carbocycles. The van der Waals surface area contributed by atoms with Gasteiger partial charge in [-0.25, -0.2) is 4.79 Å². The van der Waals surface area contributed by atoms with E-state index in [1.54, 1.807) is 24.1 Å². The number of carbonyl (C=O) groups is 1. The van der Waals surface area contributed by atoms with Gasteiger partial charge in [0.05, 0.1) is 6.61 Å². The lowest BCUT2D eigenvalue weighted by Crippen LogP contribution is -2.41. The second-order valence-corrected chi connectivity index (χ2v) is 5.65. The molecule has 0 radical (unpaired) electrons. The van der Waals surface area contributed by atoms with E-state index in [2.05, 4.69) is 5.32 Å². The van der Waals surface area contributed by atoms with E-state index in [1.807, 2.05) is 6.07 Å². The quantitative estimate of drug-likeness (QED) is 0.898. The number of halogens is 1. The molecule has 1 saturated heterocycles. The van der Waals surface area contributed by atoms with Crippen molar-refractivity contribution in [1.82, 2.24) is 4.90 Å². The Labute approximate surface area is 129 Å². The molecule has 1 heterocycles. The second kappa shape index (κ2) is 7.64. The normalized spacial score (nSPS) is 16.0. The van der Waals surface area contributed by atoms with E-state index >= 15 is 0 Å². The Balaban J connectivity index is 2.01. The first-order valence-electron chi connectivity index (χ1n) is 7.08. The number of hydrogen-bond acceptors (Lipinski definition) is 3. The van der Waals surface area contributed by atoms with Gasteiger partial charge in [-0.05, 0) is 30.9 Å². The number of piperidine rings is 1. The highest BCUT2D eigenvalue weighted by Gasteiger charge is 2.22. The standard InChI is InChI=1S/C15H21ClN2O3/c1-21-10-12-13(16)3-2-4-14(12)17-15(20)18-7-5-11(9-19)6-8-18/h2-4,11,19H,5-10H2,1H3,(H,17,20). The minimum atomic E-state index is -0.133. The maximum atomic E-state index is 12.3. The van der Waals surface area contributed by atoms with Crippen LogP contribution in [0.4, 0.5) is 10.5 Å². The van der Waals surface area contributed by atoms with Gasteiger partial charge in [-0.15, -0.1) is 0 Å². The van der Waals surface area contributed by atoms with Crippen molar-refractivity contribution < 1.29 is 14.6 Å². The third kappa shape index (κ3) is 4.09. The Morgan fingerprint density at radius 3 is 2.81 bits per heavy atom. The van der Waals surface area contributed by atoms with E-state index in [0.717, 1.165) is 18.4 Å². The molecule has 6 heteroatoms. The Morgan fingerprint density at radius 1 is 1.48 bits per heavy atom. The van der Waals surface area contributed by atoms with E-state index in [1.165, 1.54) is 0 Å². The van der Waals surface area contributed by atoms with Crippen molar-refractivity contribution in [3.8, 4) is 0 Å². The summed E-state index contributed by atoms with van der Waals surface area (Å²) in [5, 5.41) is 12.6. The van der Waals surface area contributed by atoms with Gasteiger partial charge in [-0.2, -0.15) is 0 Å². The van der Waals surface area contributed by atoms with Crippen LogP contribution in [-0.2, 0) is 11.3 Å². The Hall–Kier alpha value is -1.30. The van der Waals surface area contributed by atoms with E-state index < -0.39 is 0 Å². The van der Waals surface area contributed by atoms with Crippen LogP contribution < -0.4 is 5.32 Å². The lowest BCUT2D eigenvalue weighted by Gasteiger charge is -2.31. The highest BCUT2D eigenvalue weighted by molar-refractivity contribution is 6.31. The van der Waals surface area contributed by atoms with Crippen LogP contribution in [0.5, 0.6) is 0 Å². The smallest absolute Gasteiger partial charge is 0.321 e. The van der Waals surface area contributed by atoms with Crippen LogP contribution >= 0.6 is 11.6 Å². The molecule has 0 atom stereocenters. The minimum Gasteiger partial charge on any atom is -0.396 e. The average Bonchev–Trinajstić information content (AvgIpc) is 2.51. The Morgan fingerprint density at radius 2 is 2.19 bits per heavy atom. The molecule has 2 N–H and O–H groups in total. The SMILES string of the molecule is COCc1c(Cl)cccc1NC(=O)N1CCC(CO)CC1. The van der Waals surface area contributed by atoms with Gasteiger partial charge in [0.15, 0.2) is 0 Å². The van der Waals surface area contributed by atoms with Crippen molar-refractivity contribution in [3.63, 3.8) is 0 Å². The summed E-state index contributed by atoms with van der Waals surface area (Å²) in [6, 6.07) is 5.26. The van der Waals surface area contributed by atoms with Crippen LogP contribution in [0.2, 0.25) is 5.02 Å². The number of benzene rings is 1. The average molecular weight is 313 g/mol. The lowest BCUT2D eigenvalue weighted by atomic mass is 9.98. The van der Waals surface area contributed by atoms with E-state index in [-0.39, 0.29) is 12.6 Å². The van der Waals surface area contributed by atoms with Crippen molar-refractivity contribution in [1.29, 1.82) is 0 Å². The summed E-state index contributed by atoms with van der Waals surface area (Å²) in [6.07, 6.45) is 1.68. The summed E-state index contributed by atoms with van der Waals surface area (Å²) in [7, 11) is 1.59. The minimum absolute atomic E-state index is 0.133. The number of hydrogen-bond donors (Lipinski definition) is 2. The molecule has 21 heavy (non-hydrogen) atoms. The molecule has 0 spiro atoms. The summed E-state index contributed by atoms with van der Waals surface area (Å²) in [6.45, 7) is 1.87. The number of aliphatic hydroxyl groups is 1. The zero-order valence-electron chi connectivity index (χ0n) is 12.1. The maximum absolute atomic E-state index is 12.3. The first-order valence-corrected chi connectivity index (χ1v) is 7.46. The third-order valence-corrected chi connectivity index (χ3v) is 4.16. The van der Waals surface area contributed by atoms with Crippen molar-refractivity contribution in [2.45, 2.75) is 19.4 Å². The number of likely N-dealkylation sites (tertiary alicyclic amines) is 1. The van der Waals surface area contributed by atoms with Crippen LogP contribution in [-0.4, -0.2) is 42.8 Å². The Bertz CT molecular complexity index is 488. The molecular weight excluding hydrogens is 292 g/mol. The highest BCUT2D eigenvalue weighted by atomic mass is 35.5. The number of nitrogens with zero attached hydrogens (tertiary/aromatic N) is 1. The first kappa shape index (κ1) is 16.1. The van der Waals surface area contributed by atoms with Crippen LogP contribution in [0.25, 0.3) is 0 Å². The molecule has 5 nitrogen and oxygen atoms in total. The number of aliphatic hydroxyl groups excluding tert-OH is 1. The monoisotopic (exact) mass is 312 g/mol. The molecule has 2 rings (SSSR count). The molecule has 116 valence electrons. The van der Waals surface area contributed by atoms with Gasteiger partial charge in [0.1, 0.15) is 0 Å². The number of methoxy groups -OCH3 is 1. The number of anilines is 1. The molecule has 1 aliphatic heterocycles. The molecular formula is C15H21ClN2O3. The van der Waals surface area contributed by atoms with Crippen molar-refractivity contribution in [3.05, 3.63) is 28.8 Å². The number of nitrogens with one attached hydrogen (secondary N) is 1. The fourth-order valence-electron chi connectivity index (χ4n) is 2.48. The van der Waals surface area contributed by atoms with Gasteiger partial charge in [0.2, 0.25) is 0 Å². The molecule has 0 aliphatic carbocycles. The molecule has 2 amide bonds. The van der Waals surface area contributed by atoms with Crippen molar-refractivity contribution >= 4 is 23.3 Å². The summed E-state index contributed by atoms with van der Waals surface area (Å²) in [5.74, 6) is 0.310. The van der Waals surface area contributed by atoms with Gasteiger partial charge >= 0.3 is 6.03 Å². The summed E-state index contributed by atoms with van der Waals surface area (Å²) in [5.41, 5.74) is 1.46. The zero-order valence-corrected chi connectivity index (χ0v) is 12.9.